The van der Waals surface area contributed by atoms with Gasteiger partial charge in [-0.05, 0) is 43.0 Å². The van der Waals surface area contributed by atoms with Crippen molar-refractivity contribution < 1.29 is 0 Å². The summed E-state index contributed by atoms with van der Waals surface area (Å²) < 4.78 is 0. The van der Waals surface area contributed by atoms with Crippen molar-refractivity contribution in [1.82, 2.24) is 0 Å². The Kier molecular flexibility index (Phi) is 4.44. The Morgan fingerprint density at radius 2 is 1.76 bits per heavy atom. The number of hydrogen-bond acceptors (Lipinski definition) is 2. The van der Waals surface area contributed by atoms with Gasteiger partial charge in [0, 0.05) is 24.5 Å². The third-order valence-electron chi connectivity index (χ3n) is 4.27. The summed E-state index contributed by atoms with van der Waals surface area (Å²) in [7, 11) is 0. The molecule has 2 aromatic rings. The molecule has 0 aromatic heterocycles. The molecule has 1 N–H and O–H groups in total. The normalized spacial score (nSPS) is 16.0. The van der Waals surface area contributed by atoms with E-state index in [-0.39, 0.29) is 0 Å². The summed E-state index contributed by atoms with van der Waals surface area (Å²) in [5.74, 6) is 0. The second-order valence-corrected chi connectivity index (χ2v) is 5.76. The van der Waals surface area contributed by atoms with Crippen molar-refractivity contribution in [1.29, 1.82) is 0 Å². The minimum absolute atomic E-state index is 0.375. The summed E-state index contributed by atoms with van der Waals surface area (Å²) >= 11 is 0. The first-order chi connectivity index (χ1) is 10.4. The summed E-state index contributed by atoms with van der Waals surface area (Å²) in [4.78, 5) is 2.48. The van der Waals surface area contributed by atoms with Gasteiger partial charge in [0.05, 0.1) is 6.04 Å². The van der Waals surface area contributed by atoms with Gasteiger partial charge in [0.15, 0.2) is 0 Å². The standard InChI is InChI=1S/C19H24N2/c1-2-19(16-9-4-3-5-10-16)20-17-11-8-12-18(15-17)21-13-6-7-14-21/h3-5,8-12,15,19-20H,2,6-7,13-14H2,1H3. The molecule has 2 heteroatoms. The Labute approximate surface area is 127 Å². The first-order valence-electron chi connectivity index (χ1n) is 8.03. The van der Waals surface area contributed by atoms with Gasteiger partial charge in [0.25, 0.3) is 0 Å². The summed E-state index contributed by atoms with van der Waals surface area (Å²) in [5.41, 5.74) is 3.92. The second-order valence-electron chi connectivity index (χ2n) is 5.76. The van der Waals surface area contributed by atoms with Crippen molar-refractivity contribution >= 4 is 11.4 Å². The molecule has 2 aromatic carbocycles. The van der Waals surface area contributed by atoms with E-state index in [2.05, 4.69) is 71.7 Å². The zero-order chi connectivity index (χ0) is 14.5. The van der Waals surface area contributed by atoms with Gasteiger partial charge in [-0.2, -0.15) is 0 Å². The number of rotatable bonds is 5. The van der Waals surface area contributed by atoms with Crippen LogP contribution < -0.4 is 10.2 Å². The van der Waals surface area contributed by atoms with Crippen molar-refractivity contribution in [2.24, 2.45) is 0 Å². The highest BCUT2D eigenvalue weighted by atomic mass is 15.1. The van der Waals surface area contributed by atoms with E-state index in [9.17, 15) is 0 Å². The molecule has 0 radical (unpaired) electrons. The van der Waals surface area contributed by atoms with Crippen molar-refractivity contribution in [2.75, 3.05) is 23.3 Å². The number of anilines is 2. The largest absolute Gasteiger partial charge is 0.378 e. The quantitative estimate of drug-likeness (QED) is 0.842. The smallest absolute Gasteiger partial charge is 0.0511 e. The highest BCUT2D eigenvalue weighted by molar-refractivity contribution is 5.59. The van der Waals surface area contributed by atoms with Gasteiger partial charge >= 0.3 is 0 Å². The lowest BCUT2D eigenvalue weighted by molar-refractivity contribution is 0.749. The zero-order valence-electron chi connectivity index (χ0n) is 12.8. The van der Waals surface area contributed by atoms with Crippen molar-refractivity contribution in [3.05, 3.63) is 60.2 Å². The lowest BCUT2D eigenvalue weighted by Gasteiger charge is -2.22. The molecular formula is C19H24N2. The maximum absolute atomic E-state index is 3.68. The molecule has 3 rings (SSSR count). The summed E-state index contributed by atoms with van der Waals surface area (Å²) in [6.45, 7) is 4.62. The molecule has 1 heterocycles. The predicted octanol–water partition coefficient (Wildman–Crippen LogP) is 4.85. The molecule has 0 saturated carbocycles. The summed E-state index contributed by atoms with van der Waals surface area (Å²) in [6, 6.07) is 19.9. The minimum atomic E-state index is 0.375. The molecule has 1 atom stereocenters. The average molecular weight is 280 g/mol. The van der Waals surface area contributed by atoms with E-state index in [1.165, 1.54) is 42.9 Å². The van der Waals surface area contributed by atoms with Crippen LogP contribution >= 0.6 is 0 Å². The Morgan fingerprint density at radius 1 is 1.00 bits per heavy atom. The molecule has 1 saturated heterocycles. The van der Waals surface area contributed by atoms with Crippen molar-refractivity contribution in [3.8, 4) is 0 Å². The Hall–Kier alpha value is -1.96. The van der Waals surface area contributed by atoms with Crippen LogP contribution in [0.15, 0.2) is 54.6 Å². The molecule has 2 nitrogen and oxygen atoms in total. The van der Waals surface area contributed by atoms with E-state index < -0.39 is 0 Å². The monoisotopic (exact) mass is 280 g/mol. The summed E-state index contributed by atoms with van der Waals surface area (Å²) in [5, 5.41) is 3.68. The van der Waals surface area contributed by atoms with E-state index in [4.69, 9.17) is 0 Å². The molecule has 0 bridgehead atoms. The van der Waals surface area contributed by atoms with Gasteiger partial charge in [0.1, 0.15) is 0 Å². The highest BCUT2D eigenvalue weighted by Gasteiger charge is 2.13. The Morgan fingerprint density at radius 3 is 2.48 bits per heavy atom. The van der Waals surface area contributed by atoms with Crippen LogP contribution in [0.2, 0.25) is 0 Å². The van der Waals surface area contributed by atoms with Crippen LogP contribution in [-0.4, -0.2) is 13.1 Å². The van der Waals surface area contributed by atoms with Gasteiger partial charge in [-0.25, -0.2) is 0 Å². The van der Waals surface area contributed by atoms with Crippen molar-refractivity contribution in [2.45, 2.75) is 32.2 Å². The van der Waals surface area contributed by atoms with E-state index in [1.54, 1.807) is 0 Å². The number of benzene rings is 2. The SMILES string of the molecule is CCC(Nc1cccc(N2CCCC2)c1)c1ccccc1. The summed E-state index contributed by atoms with van der Waals surface area (Å²) in [6.07, 6.45) is 3.72. The van der Waals surface area contributed by atoms with Gasteiger partial charge in [-0.3, -0.25) is 0 Å². The van der Waals surface area contributed by atoms with Gasteiger partial charge in [0.2, 0.25) is 0 Å². The molecule has 1 aliphatic rings. The fourth-order valence-corrected chi connectivity index (χ4v) is 3.08. The second kappa shape index (κ2) is 6.66. The molecule has 0 amide bonds. The molecule has 110 valence electrons. The molecule has 0 spiro atoms. The zero-order valence-corrected chi connectivity index (χ0v) is 12.8. The molecule has 1 unspecified atom stereocenters. The maximum Gasteiger partial charge on any atom is 0.0511 e. The predicted molar refractivity (Wildman–Crippen MR) is 91.0 cm³/mol. The lowest BCUT2D eigenvalue weighted by Crippen LogP contribution is -2.17. The van der Waals surface area contributed by atoms with E-state index in [0.29, 0.717) is 6.04 Å². The minimum Gasteiger partial charge on any atom is -0.378 e. The molecule has 1 fully saturated rings. The molecule has 0 aliphatic carbocycles. The number of hydrogen-bond donors (Lipinski definition) is 1. The number of nitrogens with one attached hydrogen (secondary N) is 1. The Bertz CT molecular complexity index is 559. The van der Waals surface area contributed by atoms with Crippen LogP contribution in [0.3, 0.4) is 0 Å². The van der Waals surface area contributed by atoms with Gasteiger partial charge in [-0.15, -0.1) is 0 Å². The highest BCUT2D eigenvalue weighted by Crippen LogP contribution is 2.27. The van der Waals surface area contributed by atoms with Crippen LogP contribution in [0.25, 0.3) is 0 Å². The third-order valence-corrected chi connectivity index (χ3v) is 4.27. The first-order valence-corrected chi connectivity index (χ1v) is 8.03. The van der Waals surface area contributed by atoms with Gasteiger partial charge < -0.3 is 10.2 Å². The lowest BCUT2D eigenvalue weighted by atomic mass is 10.0. The molecular weight excluding hydrogens is 256 g/mol. The number of nitrogens with zero attached hydrogens (tertiary/aromatic N) is 1. The fraction of sp³-hybridized carbons (Fsp3) is 0.368. The van der Waals surface area contributed by atoms with Crippen LogP contribution in [-0.2, 0) is 0 Å². The first kappa shape index (κ1) is 14.0. The van der Waals surface area contributed by atoms with Crippen LogP contribution in [0, 0.1) is 0 Å². The third kappa shape index (κ3) is 3.38. The van der Waals surface area contributed by atoms with E-state index in [0.717, 1.165) is 6.42 Å². The Balaban J connectivity index is 1.75. The van der Waals surface area contributed by atoms with Gasteiger partial charge in [-0.1, -0.05) is 43.3 Å². The topological polar surface area (TPSA) is 15.3 Å². The average Bonchev–Trinajstić information content (AvgIpc) is 3.08. The van der Waals surface area contributed by atoms with Crippen molar-refractivity contribution in [3.63, 3.8) is 0 Å². The van der Waals surface area contributed by atoms with Crippen LogP contribution in [0.1, 0.15) is 37.8 Å². The maximum atomic E-state index is 3.68. The van der Waals surface area contributed by atoms with E-state index >= 15 is 0 Å². The molecule has 21 heavy (non-hydrogen) atoms. The van der Waals surface area contributed by atoms with Crippen LogP contribution in [0.4, 0.5) is 11.4 Å². The molecule has 1 aliphatic heterocycles. The van der Waals surface area contributed by atoms with E-state index in [1.807, 2.05) is 0 Å². The fourth-order valence-electron chi connectivity index (χ4n) is 3.08. The van der Waals surface area contributed by atoms with Crippen LogP contribution in [0.5, 0.6) is 0 Å².